The Hall–Kier alpha value is -1.79. The fraction of sp³-hybridized carbons (Fsp3) is 0.200. The second-order valence-electron chi connectivity index (χ2n) is 4.23. The Kier molecular flexibility index (Phi) is 5.03. The van der Waals surface area contributed by atoms with Gasteiger partial charge in [0.05, 0.1) is 19.9 Å². The minimum Gasteiger partial charge on any atom is -0.497 e. The summed E-state index contributed by atoms with van der Waals surface area (Å²) in [5.41, 5.74) is 1.36. The standard InChI is InChI=1S/C15H15NO3S2/c1-4-5-16-13(14(17)21-15(16)20)8-10-6-11(18-2)9-12(7-10)19-3/h4,6-9H,1,5H2,2-3H3/b13-8-. The third-order valence-corrected chi connectivity index (χ3v) is 4.15. The zero-order valence-electron chi connectivity index (χ0n) is 11.8. The molecule has 1 aromatic carbocycles. The van der Waals surface area contributed by atoms with E-state index >= 15 is 0 Å². The Balaban J connectivity index is 2.43. The number of hydrogen-bond acceptors (Lipinski definition) is 5. The van der Waals surface area contributed by atoms with Crippen molar-refractivity contribution in [2.75, 3.05) is 20.8 Å². The lowest BCUT2D eigenvalue weighted by atomic mass is 10.1. The van der Waals surface area contributed by atoms with E-state index in [4.69, 9.17) is 21.7 Å². The van der Waals surface area contributed by atoms with Crippen LogP contribution in [0.15, 0.2) is 36.6 Å². The highest BCUT2D eigenvalue weighted by Gasteiger charge is 2.30. The highest BCUT2D eigenvalue weighted by atomic mass is 32.2. The van der Waals surface area contributed by atoms with E-state index in [1.165, 1.54) is 0 Å². The van der Waals surface area contributed by atoms with Crippen molar-refractivity contribution in [1.82, 2.24) is 4.90 Å². The van der Waals surface area contributed by atoms with Crippen molar-refractivity contribution < 1.29 is 14.3 Å². The van der Waals surface area contributed by atoms with Gasteiger partial charge in [0.15, 0.2) is 0 Å². The summed E-state index contributed by atoms with van der Waals surface area (Å²) in [6, 6.07) is 5.45. The van der Waals surface area contributed by atoms with E-state index < -0.39 is 0 Å². The maximum atomic E-state index is 12.1. The molecule has 0 unspecified atom stereocenters. The molecule has 6 heteroatoms. The number of ether oxygens (including phenoxy) is 2. The molecule has 0 radical (unpaired) electrons. The summed E-state index contributed by atoms with van der Waals surface area (Å²) in [5.74, 6) is 1.33. The number of methoxy groups -OCH3 is 2. The topological polar surface area (TPSA) is 38.8 Å². The fourth-order valence-electron chi connectivity index (χ4n) is 1.90. The van der Waals surface area contributed by atoms with Crippen LogP contribution >= 0.6 is 24.0 Å². The SMILES string of the molecule is C=CCN1C(=S)SC(=O)/C1=C/c1cc(OC)cc(OC)c1. The van der Waals surface area contributed by atoms with Gasteiger partial charge >= 0.3 is 0 Å². The smallest absolute Gasteiger partial charge is 0.242 e. The first-order chi connectivity index (χ1) is 10.1. The number of thiocarbonyl (C=S) groups is 1. The van der Waals surface area contributed by atoms with Crippen LogP contribution in [0, 0.1) is 0 Å². The molecule has 1 aromatic rings. The first-order valence-corrected chi connectivity index (χ1v) is 7.41. The third-order valence-electron chi connectivity index (χ3n) is 2.89. The van der Waals surface area contributed by atoms with Crippen LogP contribution in [-0.2, 0) is 4.79 Å². The average molecular weight is 321 g/mol. The molecule has 0 bridgehead atoms. The van der Waals surface area contributed by atoms with Crippen LogP contribution in [0.3, 0.4) is 0 Å². The zero-order valence-corrected chi connectivity index (χ0v) is 13.4. The summed E-state index contributed by atoms with van der Waals surface area (Å²) in [7, 11) is 3.17. The molecule has 0 amide bonds. The predicted molar refractivity (Wildman–Crippen MR) is 89.6 cm³/mol. The first kappa shape index (κ1) is 15.6. The molecule has 0 N–H and O–H groups in total. The lowest BCUT2D eigenvalue weighted by Gasteiger charge is -2.15. The Morgan fingerprint density at radius 3 is 2.43 bits per heavy atom. The third kappa shape index (κ3) is 3.46. The van der Waals surface area contributed by atoms with Gasteiger partial charge in [-0.3, -0.25) is 4.79 Å². The summed E-state index contributed by atoms with van der Waals surface area (Å²) >= 11 is 6.26. The van der Waals surface area contributed by atoms with Crippen molar-refractivity contribution in [2.45, 2.75) is 0 Å². The second kappa shape index (κ2) is 6.78. The summed E-state index contributed by atoms with van der Waals surface area (Å²) in [5, 5.41) is -0.0661. The monoisotopic (exact) mass is 321 g/mol. The van der Waals surface area contributed by atoms with Gasteiger partial charge in [0.1, 0.15) is 15.8 Å². The van der Waals surface area contributed by atoms with Gasteiger partial charge in [-0.25, -0.2) is 0 Å². The minimum atomic E-state index is -0.0661. The van der Waals surface area contributed by atoms with Crippen LogP contribution in [0.25, 0.3) is 6.08 Å². The van der Waals surface area contributed by atoms with Gasteiger partial charge in [-0.2, -0.15) is 0 Å². The molecule has 21 heavy (non-hydrogen) atoms. The van der Waals surface area contributed by atoms with Crippen molar-refractivity contribution in [3.8, 4) is 11.5 Å². The van der Waals surface area contributed by atoms with Gasteiger partial charge in [0.2, 0.25) is 5.12 Å². The molecule has 0 atom stereocenters. The first-order valence-electron chi connectivity index (χ1n) is 6.18. The quantitative estimate of drug-likeness (QED) is 0.471. The normalized spacial score (nSPS) is 16.5. The Morgan fingerprint density at radius 1 is 1.29 bits per heavy atom. The Bertz CT molecular complexity index is 603. The summed E-state index contributed by atoms with van der Waals surface area (Å²) < 4.78 is 11.0. The maximum Gasteiger partial charge on any atom is 0.242 e. The number of nitrogens with zero attached hydrogens (tertiary/aromatic N) is 1. The van der Waals surface area contributed by atoms with E-state index in [1.807, 2.05) is 12.1 Å². The van der Waals surface area contributed by atoms with Crippen LogP contribution in [0.5, 0.6) is 11.5 Å². The van der Waals surface area contributed by atoms with Crippen molar-refractivity contribution in [1.29, 1.82) is 0 Å². The molecule has 1 heterocycles. The molecule has 1 aliphatic rings. The number of thioether (sulfide) groups is 1. The van der Waals surface area contributed by atoms with Crippen molar-refractivity contribution in [3.05, 3.63) is 42.1 Å². The molecule has 0 spiro atoms. The molecule has 1 fully saturated rings. The summed E-state index contributed by atoms with van der Waals surface area (Å²) in [4.78, 5) is 13.8. The number of rotatable bonds is 5. The highest BCUT2D eigenvalue weighted by molar-refractivity contribution is 8.33. The van der Waals surface area contributed by atoms with Gasteiger partial charge in [-0.1, -0.05) is 18.3 Å². The van der Waals surface area contributed by atoms with Gasteiger partial charge in [-0.05, 0) is 35.5 Å². The molecule has 2 rings (SSSR count). The zero-order chi connectivity index (χ0) is 15.4. The second-order valence-corrected chi connectivity index (χ2v) is 5.84. The van der Waals surface area contributed by atoms with Gasteiger partial charge < -0.3 is 14.4 Å². The van der Waals surface area contributed by atoms with Crippen molar-refractivity contribution in [2.24, 2.45) is 0 Å². The van der Waals surface area contributed by atoms with Crippen LogP contribution in [0.1, 0.15) is 5.56 Å². The van der Waals surface area contributed by atoms with E-state index in [9.17, 15) is 4.79 Å². The highest BCUT2D eigenvalue weighted by Crippen LogP contribution is 2.32. The van der Waals surface area contributed by atoms with Crippen LogP contribution in [0.4, 0.5) is 0 Å². The van der Waals surface area contributed by atoms with Crippen LogP contribution in [-0.4, -0.2) is 35.1 Å². The Labute approximate surface area is 133 Å². The Morgan fingerprint density at radius 2 is 1.90 bits per heavy atom. The molecule has 1 saturated heterocycles. The molecule has 4 nitrogen and oxygen atoms in total. The molecule has 0 aliphatic carbocycles. The summed E-state index contributed by atoms with van der Waals surface area (Å²) in [6.45, 7) is 4.20. The van der Waals surface area contributed by atoms with Crippen LogP contribution in [0.2, 0.25) is 0 Å². The number of benzene rings is 1. The average Bonchev–Trinajstić information content (AvgIpc) is 2.74. The molecule has 1 aliphatic heterocycles. The van der Waals surface area contributed by atoms with Crippen molar-refractivity contribution >= 4 is 39.5 Å². The van der Waals surface area contributed by atoms with Gasteiger partial charge in [0.25, 0.3) is 0 Å². The van der Waals surface area contributed by atoms with Crippen LogP contribution < -0.4 is 9.47 Å². The number of hydrogen-bond donors (Lipinski definition) is 0. The lowest BCUT2D eigenvalue weighted by molar-refractivity contribution is -0.108. The molecular weight excluding hydrogens is 306 g/mol. The number of carbonyl (C=O) groups is 1. The molecular formula is C15H15NO3S2. The van der Waals surface area contributed by atoms with E-state index in [2.05, 4.69) is 6.58 Å². The van der Waals surface area contributed by atoms with Gasteiger partial charge in [-0.15, -0.1) is 6.58 Å². The summed E-state index contributed by atoms with van der Waals surface area (Å²) in [6.07, 6.45) is 3.49. The fourth-order valence-corrected chi connectivity index (χ4v) is 3.02. The van der Waals surface area contributed by atoms with Crippen molar-refractivity contribution in [3.63, 3.8) is 0 Å². The predicted octanol–water partition coefficient (Wildman–Crippen LogP) is 3.09. The van der Waals surface area contributed by atoms with E-state index in [0.717, 1.165) is 17.3 Å². The largest absolute Gasteiger partial charge is 0.497 e. The van der Waals surface area contributed by atoms with E-state index in [1.54, 1.807) is 37.3 Å². The lowest BCUT2D eigenvalue weighted by Crippen LogP contribution is -2.21. The minimum absolute atomic E-state index is 0.0661. The molecule has 0 aromatic heterocycles. The molecule has 110 valence electrons. The number of carbonyl (C=O) groups excluding carboxylic acids is 1. The molecule has 0 saturated carbocycles. The van der Waals surface area contributed by atoms with E-state index in [-0.39, 0.29) is 5.12 Å². The maximum absolute atomic E-state index is 12.1. The van der Waals surface area contributed by atoms with Gasteiger partial charge in [0, 0.05) is 12.6 Å². The van der Waals surface area contributed by atoms with E-state index in [0.29, 0.717) is 28.1 Å².